The average Bonchev–Trinajstić information content (AvgIpc) is 2.72. The van der Waals surface area contributed by atoms with E-state index in [1.54, 1.807) is 11.8 Å². The third-order valence-corrected chi connectivity index (χ3v) is 5.76. The van der Waals surface area contributed by atoms with Gasteiger partial charge in [-0.2, -0.15) is 0 Å². The van der Waals surface area contributed by atoms with E-state index in [-0.39, 0.29) is 5.25 Å². The molecule has 0 aliphatic carbocycles. The first-order chi connectivity index (χ1) is 10.3. The van der Waals surface area contributed by atoms with Crippen LogP contribution in [0.4, 0.5) is 0 Å². The number of aromatic nitrogens is 3. The fourth-order valence-corrected chi connectivity index (χ4v) is 4.46. The molecule has 0 amide bonds. The summed E-state index contributed by atoms with van der Waals surface area (Å²) < 4.78 is 3.38. The molecule has 3 rings (SSSR count). The summed E-state index contributed by atoms with van der Waals surface area (Å²) in [6, 6.07) is 8.25. The predicted octanol–water partition coefficient (Wildman–Crippen LogP) is 3.56. The summed E-state index contributed by atoms with van der Waals surface area (Å²) in [6.45, 7) is 1.60. The smallest absolute Gasteiger partial charge is 0.191 e. The highest BCUT2D eigenvalue weighted by Gasteiger charge is 2.20. The van der Waals surface area contributed by atoms with Crippen molar-refractivity contribution in [1.82, 2.24) is 14.8 Å². The maximum atomic E-state index is 6.00. The molecule has 1 aromatic carbocycles. The number of rotatable bonds is 4. The summed E-state index contributed by atoms with van der Waals surface area (Å²) in [5.74, 6) is 1.12. The van der Waals surface area contributed by atoms with Crippen LogP contribution in [0.5, 0.6) is 0 Å². The maximum Gasteiger partial charge on any atom is 0.191 e. The number of thioether (sulfide) groups is 1. The molecule has 2 heterocycles. The number of hydrogen-bond donors (Lipinski definition) is 1. The van der Waals surface area contributed by atoms with Gasteiger partial charge in [0.15, 0.2) is 5.16 Å². The van der Waals surface area contributed by atoms with Gasteiger partial charge in [0.25, 0.3) is 0 Å². The van der Waals surface area contributed by atoms with Gasteiger partial charge in [-0.15, -0.1) is 10.2 Å². The SMILES string of the molecule is NCC(Sc1nnc2n1CCCCC2)c1ccccc1Br. The van der Waals surface area contributed by atoms with Gasteiger partial charge in [-0.3, -0.25) is 0 Å². The molecule has 1 aromatic heterocycles. The van der Waals surface area contributed by atoms with E-state index in [9.17, 15) is 0 Å². The first-order valence-electron chi connectivity index (χ1n) is 7.33. The van der Waals surface area contributed by atoms with Gasteiger partial charge in [-0.1, -0.05) is 52.3 Å². The Hall–Kier alpha value is -0.850. The lowest BCUT2D eigenvalue weighted by molar-refractivity contribution is 0.590. The molecule has 1 aliphatic heterocycles. The van der Waals surface area contributed by atoms with Crippen LogP contribution in [-0.4, -0.2) is 21.3 Å². The van der Waals surface area contributed by atoms with Crippen LogP contribution < -0.4 is 5.73 Å². The standard InChI is InChI=1S/C15H19BrN4S/c16-12-7-4-3-6-11(12)13(10-17)21-15-19-18-14-8-2-1-5-9-20(14)15/h3-4,6-7,13H,1-2,5,8-10,17H2. The molecule has 1 atom stereocenters. The van der Waals surface area contributed by atoms with E-state index in [1.165, 1.54) is 24.8 Å². The monoisotopic (exact) mass is 366 g/mol. The molecule has 2 aromatic rings. The molecule has 0 radical (unpaired) electrons. The van der Waals surface area contributed by atoms with Crippen molar-refractivity contribution in [2.45, 2.75) is 42.6 Å². The summed E-state index contributed by atoms with van der Waals surface area (Å²) >= 11 is 5.34. The maximum absolute atomic E-state index is 6.00. The van der Waals surface area contributed by atoms with Crippen LogP contribution in [0.3, 0.4) is 0 Å². The third-order valence-electron chi connectivity index (χ3n) is 3.79. The van der Waals surface area contributed by atoms with Crippen molar-refractivity contribution in [1.29, 1.82) is 0 Å². The summed E-state index contributed by atoms with van der Waals surface area (Å²) in [7, 11) is 0. The molecule has 1 aliphatic rings. The molecule has 1 unspecified atom stereocenters. The lowest BCUT2D eigenvalue weighted by atomic mass is 10.1. The number of fused-ring (bicyclic) bond motifs is 1. The van der Waals surface area contributed by atoms with Crippen molar-refractivity contribution in [3.8, 4) is 0 Å². The zero-order valence-corrected chi connectivity index (χ0v) is 14.2. The molecular weight excluding hydrogens is 348 g/mol. The van der Waals surface area contributed by atoms with Gasteiger partial charge in [0.05, 0.1) is 5.25 Å². The Bertz CT molecular complexity index is 613. The Kier molecular flexibility index (Phi) is 4.98. The molecule has 4 nitrogen and oxygen atoms in total. The van der Waals surface area contributed by atoms with Crippen molar-refractivity contribution in [3.05, 3.63) is 40.1 Å². The van der Waals surface area contributed by atoms with E-state index in [2.05, 4.69) is 42.8 Å². The molecule has 0 saturated heterocycles. The molecule has 2 N–H and O–H groups in total. The average molecular weight is 367 g/mol. The molecular formula is C15H19BrN4S. The largest absolute Gasteiger partial charge is 0.329 e. The van der Waals surface area contributed by atoms with Crippen molar-refractivity contribution in [3.63, 3.8) is 0 Å². The lowest BCUT2D eigenvalue weighted by Crippen LogP contribution is -2.11. The van der Waals surface area contributed by atoms with Crippen molar-refractivity contribution >= 4 is 27.7 Å². The fourth-order valence-electron chi connectivity index (χ4n) is 2.65. The van der Waals surface area contributed by atoms with Crippen molar-refractivity contribution < 1.29 is 0 Å². The quantitative estimate of drug-likeness (QED) is 0.840. The van der Waals surface area contributed by atoms with E-state index in [1.807, 2.05) is 12.1 Å². The summed E-state index contributed by atoms with van der Waals surface area (Å²) in [5, 5.41) is 9.94. The Morgan fingerprint density at radius 2 is 2.10 bits per heavy atom. The van der Waals surface area contributed by atoms with Gasteiger partial charge in [0.2, 0.25) is 0 Å². The highest BCUT2D eigenvalue weighted by atomic mass is 79.9. The predicted molar refractivity (Wildman–Crippen MR) is 89.4 cm³/mol. The minimum Gasteiger partial charge on any atom is -0.329 e. The van der Waals surface area contributed by atoms with E-state index in [0.29, 0.717) is 6.54 Å². The second-order valence-electron chi connectivity index (χ2n) is 5.22. The van der Waals surface area contributed by atoms with E-state index >= 15 is 0 Å². The van der Waals surface area contributed by atoms with E-state index in [0.717, 1.165) is 28.4 Å². The first-order valence-corrected chi connectivity index (χ1v) is 9.00. The topological polar surface area (TPSA) is 56.7 Å². The molecule has 6 heteroatoms. The number of nitrogens with zero attached hydrogens (tertiary/aromatic N) is 3. The molecule has 0 saturated carbocycles. The third kappa shape index (κ3) is 3.33. The number of halogens is 1. The highest BCUT2D eigenvalue weighted by Crippen LogP contribution is 2.37. The second kappa shape index (κ2) is 6.94. The van der Waals surface area contributed by atoms with Gasteiger partial charge in [-0.05, 0) is 24.5 Å². The molecule has 0 bridgehead atoms. The molecule has 21 heavy (non-hydrogen) atoms. The van der Waals surface area contributed by atoms with Gasteiger partial charge >= 0.3 is 0 Å². The van der Waals surface area contributed by atoms with E-state index < -0.39 is 0 Å². The molecule has 0 spiro atoms. The van der Waals surface area contributed by atoms with Crippen LogP contribution in [0, 0.1) is 0 Å². The minimum atomic E-state index is 0.192. The highest BCUT2D eigenvalue weighted by molar-refractivity contribution is 9.10. The van der Waals surface area contributed by atoms with Crippen LogP contribution >= 0.6 is 27.7 Å². The summed E-state index contributed by atoms with van der Waals surface area (Å²) in [5.41, 5.74) is 7.22. The van der Waals surface area contributed by atoms with Gasteiger partial charge in [-0.25, -0.2) is 0 Å². The Labute approximate surface area is 137 Å². The first kappa shape index (κ1) is 15.1. The van der Waals surface area contributed by atoms with Gasteiger partial charge < -0.3 is 10.3 Å². The van der Waals surface area contributed by atoms with Gasteiger partial charge in [0, 0.05) is 24.0 Å². The van der Waals surface area contributed by atoms with Crippen molar-refractivity contribution in [2.75, 3.05) is 6.54 Å². The normalized spacial score (nSPS) is 16.3. The summed E-state index contributed by atoms with van der Waals surface area (Å²) in [4.78, 5) is 0. The van der Waals surface area contributed by atoms with Crippen LogP contribution in [0.15, 0.2) is 33.9 Å². The van der Waals surface area contributed by atoms with Crippen molar-refractivity contribution in [2.24, 2.45) is 5.73 Å². The number of benzene rings is 1. The zero-order valence-electron chi connectivity index (χ0n) is 11.8. The van der Waals surface area contributed by atoms with Gasteiger partial charge in [0.1, 0.15) is 5.82 Å². The number of aryl methyl sites for hydroxylation is 1. The minimum absolute atomic E-state index is 0.192. The van der Waals surface area contributed by atoms with Crippen LogP contribution in [-0.2, 0) is 13.0 Å². The number of nitrogens with two attached hydrogens (primary N) is 1. The Morgan fingerprint density at radius 1 is 1.24 bits per heavy atom. The Balaban J connectivity index is 1.85. The second-order valence-corrected chi connectivity index (χ2v) is 7.25. The van der Waals surface area contributed by atoms with Crippen LogP contribution in [0.25, 0.3) is 0 Å². The van der Waals surface area contributed by atoms with E-state index in [4.69, 9.17) is 5.73 Å². The zero-order chi connectivity index (χ0) is 14.7. The molecule has 112 valence electrons. The van der Waals surface area contributed by atoms with Crippen LogP contribution in [0.1, 0.15) is 35.9 Å². The fraction of sp³-hybridized carbons (Fsp3) is 0.467. The number of hydrogen-bond acceptors (Lipinski definition) is 4. The van der Waals surface area contributed by atoms with Crippen LogP contribution in [0.2, 0.25) is 0 Å². The lowest BCUT2D eigenvalue weighted by Gasteiger charge is -2.16. The molecule has 0 fully saturated rings. The Morgan fingerprint density at radius 3 is 2.90 bits per heavy atom. The summed E-state index contributed by atoms with van der Waals surface area (Å²) in [6.07, 6.45) is 4.74.